The molecule has 1 aliphatic heterocycles. The Morgan fingerprint density at radius 2 is 2.17 bits per heavy atom. The average molecular weight is 321 g/mol. The molecule has 1 atom stereocenters. The molecule has 2 heterocycles. The van der Waals surface area contributed by atoms with Crippen LogP contribution in [-0.2, 0) is 11.8 Å². The van der Waals surface area contributed by atoms with Gasteiger partial charge < -0.3 is 10.6 Å². The van der Waals surface area contributed by atoms with Crippen molar-refractivity contribution >= 4 is 23.0 Å². The van der Waals surface area contributed by atoms with Gasteiger partial charge in [0.05, 0.1) is 24.5 Å². The van der Waals surface area contributed by atoms with E-state index in [0.717, 1.165) is 11.4 Å². The number of aryl methyl sites for hydroxylation is 1. The molecule has 3 rings (SSSR count). The molecule has 0 aliphatic carbocycles. The Labute approximate surface area is 131 Å². The van der Waals surface area contributed by atoms with E-state index in [2.05, 4.69) is 21.0 Å². The molecular weight excluding hydrogens is 304 g/mol. The van der Waals surface area contributed by atoms with Crippen LogP contribution in [0.1, 0.15) is 6.42 Å². The van der Waals surface area contributed by atoms with Crippen LogP contribution in [0.25, 0.3) is 0 Å². The highest BCUT2D eigenvalue weighted by molar-refractivity contribution is 5.95. The first kappa shape index (κ1) is 15.4. The van der Waals surface area contributed by atoms with E-state index in [4.69, 9.17) is 0 Å². The van der Waals surface area contributed by atoms with Crippen molar-refractivity contribution in [3.05, 3.63) is 36.7 Å². The molecule has 1 aliphatic rings. The van der Waals surface area contributed by atoms with E-state index in [-0.39, 0.29) is 0 Å². The SMILES string of the molecule is Cn1cc(Nc2cccc(NC(=O)C3CC(F)(F)CN3)c2)cn1. The molecule has 1 fully saturated rings. The number of hydrogen-bond donors (Lipinski definition) is 3. The van der Waals surface area contributed by atoms with E-state index in [1.165, 1.54) is 0 Å². The normalized spacial score (nSPS) is 19.5. The average Bonchev–Trinajstić information content (AvgIpc) is 3.05. The van der Waals surface area contributed by atoms with Crippen molar-refractivity contribution in [3.63, 3.8) is 0 Å². The van der Waals surface area contributed by atoms with Crippen LogP contribution in [0.2, 0.25) is 0 Å². The lowest BCUT2D eigenvalue weighted by molar-refractivity contribution is -0.118. The predicted octanol–water partition coefficient (Wildman–Crippen LogP) is 2.10. The molecule has 0 spiro atoms. The lowest BCUT2D eigenvalue weighted by atomic mass is 10.1. The van der Waals surface area contributed by atoms with Crippen LogP contribution in [0.4, 0.5) is 25.8 Å². The molecule has 1 aromatic carbocycles. The summed E-state index contributed by atoms with van der Waals surface area (Å²) in [5.41, 5.74) is 2.12. The van der Waals surface area contributed by atoms with Gasteiger partial charge >= 0.3 is 0 Å². The summed E-state index contributed by atoms with van der Waals surface area (Å²) in [6, 6.07) is 6.17. The van der Waals surface area contributed by atoms with Crippen LogP contribution in [0, 0.1) is 0 Å². The van der Waals surface area contributed by atoms with Crippen molar-refractivity contribution in [2.75, 3.05) is 17.2 Å². The number of carbonyl (C=O) groups is 1. The number of nitrogens with one attached hydrogen (secondary N) is 3. The zero-order chi connectivity index (χ0) is 16.4. The zero-order valence-electron chi connectivity index (χ0n) is 12.5. The maximum Gasteiger partial charge on any atom is 0.262 e. The number of hydrogen-bond acceptors (Lipinski definition) is 4. The van der Waals surface area contributed by atoms with Gasteiger partial charge in [-0.15, -0.1) is 0 Å². The van der Waals surface area contributed by atoms with Gasteiger partial charge in [0.2, 0.25) is 5.91 Å². The molecule has 0 bridgehead atoms. The lowest BCUT2D eigenvalue weighted by Crippen LogP contribution is -2.35. The second kappa shape index (κ2) is 5.96. The van der Waals surface area contributed by atoms with Crippen molar-refractivity contribution in [1.82, 2.24) is 15.1 Å². The third-order valence-electron chi connectivity index (χ3n) is 3.55. The van der Waals surface area contributed by atoms with Gasteiger partial charge in [0.1, 0.15) is 0 Å². The van der Waals surface area contributed by atoms with Crippen molar-refractivity contribution < 1.29 is 13.6 Å². The van der Waals surface area contributed by atoms with Gasteiger partial charge in [-0.25, -0.2) is 8.78 Å². The number of benzene rings is 1. The smallest absolute Gasteiger partial charge is 0.262 e. The lowest BCUT2D eigenvalue weighted by Gasteiger charge is -2.12. The minimum atomic E-state index is -2.83. The molecule has 122 valence electrons. The van der Waals surface area contributed by atoms with Crippen molar-refractivity contribution in [2.45, 2.75) is 18.4 Å². The van der Waals surface area contributed by atoms with Gasteiger partial charge in [-0.2, -0.15) is 5.10 Å². The largest absolute Gasteiger partial charge is 0.353 e. The number of anilines is 3. The van der Waals surface area contributed by atoms with Gasteiger partial charge in [0, 0.05) is 31.0 Å². The first-order valence-electron chi connectivity index (χ1n) is 7.19. The fourth-order valence-electron chi connectivity index (χ4n) is 2.46. The van der Waals surface area contributed by atoms with Crippen LogP contribution >= 0.6 is 0 Å². The number of halogens is 2. The number of amides is 1. The summed E-state index contributed by atoms with van der Waals surface area (Å²) in [5.74, 6) is -3.29. The Morgan fingerprint density at radius 3 is 2.83 bits per heavy atom. The maximum absolute atomic E-state index is 13.1. The molecule has 0 radical (unpaired) electrons. The summed E-state index contributed by atoms with van der Waals surface area (Å²) in [7, 11) is 1.81. The molecular formula is C15H17F2N5O. The van der Waals surface area contributed by atoms with E-state index in [1.807, 2.05) is 19.3 Å². The Bertz CT molecular complexity index is 715. The topological polar surface area (TPSA) is 71.0 Å². The Balaban J connectivity index is 1.64. The Kier molecular flexibility index (Phi) is 3.99. The van der Waals surface area contributed by atoms with Gasteiger partial charge in [-0.3, -0.25) is 14.8 Å². The summed E-state index contributed by atoms with van der Waals surface area (Å²) in [6.45, 7) is -0.465. The van der Waals surface area contributed by atoms with E-state index in [1.54, 1.807) is 29.1 Å². The summed E-state index contributed by atoms with van der Waals surface area (Å²) in [4.78, 5) is 12.0. The third-order valence-corrected chi connectivity index (χ3v) is 3.55. The third kappa shape index (κ3) is 3.84. The number of rotatable bonds is 4. The summed E-state index contributed by atoms with van der Waals surface area (Å²) >= 11 is 0. The highest BCUT2D eigenvalue weighted by atomic mass is 19.3. The van der Waals surface area contributed by atoms with Crippen molar-refractivity contribution in [3.8, 4) is 0 Å². The van der Waals surface area contributed by atoms with Gasteiger partial charge in [-0.05, 0) is 18.2 Å². The minimum Gasteiger partial charge on any atom is -0.353 e. The second-order valence-corrected chi connectivity index (χ2v) is 5.59. The highest BCUT2D eigenvalue weighted by Crippen LogP contribution is 2.26. The molecule has 3 N–H and O–H groups in total. The van der Waals surface area contributed by atoms with Crippen molar-refractivity contribution in [1.29, 1.82) is 0 Å². The van der Waals surface area contributed by atoms with Crippen LogP contribution in [0.5, 0.6) is 0 Å². The first-order valence-corrected chi connectivity index (χ1v) is 7.19. The monoisotopic (exact) mass is 321 g/mol. The molecule has 6 nitrogen and oxygen atoms in total. The molecule has 1 amide bonds. The Morgan fingerprint density at radius 1 is 1.39 bits per heavy atom. The standard InChI is InChI=1S/C15H17F2N5O/c1-22-8-12(7-19-22)20-10-3-2-4-11(5-10)21-14(23)13-6-15(16,17)9-18-13/h2-5,7-8,13,18,20H,6,9H2,1H3,(H,21,23). The number of nitrogens with zero attached hydrogens (tertiary/aromatic N) is 2. The summed E-state index contributed by atoms with van der Waals surface area (Å²) in [6.07, 6.45) is 3.01. The van der Waals surface area contributed by atoms with Crippen molar-refractivity contribution in [2.24, 2.45) is 7.05 Å². The van der Waals surface area contributed by atoms with Gasteiger partial charge in [0.25, 0.3) is 5.92 Å². The Hall–Kier alpha value is -2.48. The van der Waals surface area contributed by atoms with Crippen LogP contribution in [-0.4, -0.2) is 34.2 Å². The quantitative estimate of drug-likeness (QED) is 0.806. The van der Waals surface area contributed by atoms with Crippen LogP contribution < -0.4 is 16.0 Å². The highest BCUT2D eigenvalue weighted by Gasteiger charge is 2.42. The first-order chi connectivity index (χ1) is 10.9. The molecule has 1 saturated heterocycles. The molecule has 1 aromatic heterocycles. The molecule has 0 saturated carbocycles. The fraction of sp³-hybridized carbons (Fsp3) is 0.333. The van der Waals surface area contributed by atoms with Gasteiger partial charge in [0.15, 0.2) is 0 Å². The minimum absolute atomic E-state index is 0.458. The number of carbonyl (C=O) groups excluding carboxylic acids is 1. The maximum atomic E-state index is 13.1. The van der Waals surface area contributed by atoms with E-state index < -0.39 is 30.8 Å². The second-order valence-electron chi connectivity index (χ2n) is 5.59. The molecule has 8 heteroatoms. The summed E-state index contributed by atoms with van der Waals surface area (Å²) < 4.78 is 27.9. The molecule has 2 aromatic rings. The predicted molar refractivity (Wildman–Crippen MR) is 82.9 cm³/mol. The summed E-state index contributed by atoms with van der Waals surface area (Å²) in [5, 5.41) is 12.4. The number of aromatic nitrogens is 2. The molecule has 23 heavy (non-hydrogen) atoms. The zero-order valence-corrected chi connectivity index (χ0v) is 12.5. The number of alkyl halides is 2. The van der Waals surface area contributed by atoms with Crippen LogP contribution in [0.3, 0.4) is 0 Å². The molecule has 1 unspecified atom stereocenters. The van der Waals surface area contributed by atoms with Crippen LogP contribution in [0.15, 0.2) is 36.7 Å². The van der Waals surface area contributed by atoms with E-state index in [9.17, 15) is 13.6 Å². The fourth-order valence-corrected chi connectivity index (χ4v) is 2.46. The van der Waals surface area contributed by atoms with Gasteiger partial charge in [-0.1, -0.05) is 6.07 Å². The van der Waals surface area contributed by atoms with E-state index >= 15 is 0 Å². The van der Waals surface area contributed by atoms with E-state index in [0.29, 0.717) is 5.69 Å².